The molecule has 0 fully saturated rings. The molecule has 0 rings (SSSR count). The summed E-state index contributed by atoms with van der Waals surface area (Å²) in [5, 5.41) is 0. The van der Waals surface area contributed by atoms with E-state index in [1.807, 2.05) is 23.5 Å². The fraction of sp³-hybridized carbons (Fsp3) is 1.00. The van der Waals surface area contributed by atoms with Crippen LogP contribution >= 0.6 is 36.2 Å². The van der Waals surface area contributed by atoms with Crippen molar-refractivity contribution >= 4 is 36.2 Å². The van der Waals surface area contributed by atoms with Crippen LogP contribution in [-0.2, 0) is 0 Å². The molecule has 0 spiro atoms. The Labute approximate surface area is 78.3 Å². The summed E-state index contributed by atoms with van der Waals surface area (Å²) in [5.74, 6) is 3.47. The third kappa shape index (κ3) is 5.81. The number of hydrogen-bond donors (Lipinski definition) is 1. The minimum Gasteiger partial charge on any atom is -0.179 e. The van der Waals surface area contributed by atoms with Crippen molar-refractivity contribution in [2.45, 2.75) is 24.9 Å². The van der Waals surface area contributed by atoms with Gasteiger partial charge in [-0.1, -0.05) is 13.8 Å². The second kappa shape index (κ2) is 8.15. The first kappa shape index (κ1) is 11.1. The van der Waals surface area contributed by atoms with Gasteiger partial charge in [0.1, 0.15) is 0 Å². The molecule has 62 valence electrons. The summed E-state index contributed by atoms with van der Waals surface area (Å²) in [6, 6.07) is 0. The van der Waals surface area contributed by atoms with Gasteiger partial charge in [-0.2, -0.15) is 12.6 Å². The molecule has 0 atom stereocenters. The molecule has 10 heavy (non-hydrogen) atoms. The summed E-state index contributed by atoms with van der Waals surface area (Å²) in [4.78, 5) is 0. The van der Waals surface area contributed by atoms with E-state index in [-0.39, 0.29) is 0 Å². The van der Waals surface area contributed by atoms with Gasteiger partial charge in [0.25, 0.3) is 0 Å². The van der Waals surface area contributed by atoms with Crippen LogP contribution in [-0.4, -0.2) is 21.8 Å². The van der Waals surface area contributed by atoms with Crippen LogP contribution in [0.3, 0.4) is 0 Å². The Morgan fingerprint density at radius 2 is 1.70 bits per heavy atom. The van der Waals surface area contributed by atoms with Gasteiger partial charge in [-0.25, -0.2) is 0 Å². The molecular weight excluding hydrogens is 180 g/mol. The molecule has 0 aliphatic heterocycles. The van der Waals surface area contributed by atoms with E-state index >= 15 is 0 Å². The Kier molecular flexibility index (Phi) is 9.01. The Hall–Kier alpha value is 1.05. The Morgan fingerprint density at radius 1 is 1.20 bits per heavy atom. The van der Waals surface area contributed by atoms with Crippen LogP contribution in [0.25, 0.3) is 0 Å². The third-order valence-corrected chi connectivity index (χ3v) is 4.03. The third-order valence-electron chi connectivity index (χ3n) is 1.07. The van der Waals surface area contributed by atoms with E-state index in [4.69, 9.17) is 0 Å². The average molecular weight is 196 g/mol. The first-order valence-electron chi connectivity index (χ1n) is 3.69. The van der Waals surface area contributed by atoms with Gasteiger partial charge in [-0.05, 0) is 23.7 Å². The van der Waals surface area contributed by atoms with Crippen LogP contribution in [0.4, 0.5) is 0 Å². The molecule has 0 aromatic carbocycles. The number of rotatable bonds is 6. The smallest absolute Gasteiger partial charge is 0.0510 e. The summed E-state index contributed by atoms with van der Waals surface area (Å²) < 4.78 is 0.785. The van der Waals surface area contributed by atoms with Crippen molar-refractivity contribution in [1.82, 2.24) is 0 Å². The normalized spacial score (nSPS) is 10.8. The van der Waals surface area contributed by atoms with Crippen LogP contribution in [0.1, 0.15) is 20.3 Å². The highest BCUT2D eigenvalue weighted by molar-refractivity contribution is 8.17. The second-order valence-corrected chi connectivity index (χ2v) is 5.56. The molecule has 0 aromatic heterocycles. The zero-order valence-electron chi connectivity index (χ0n) is 6.67. The average Bonchev–Trinajstić information content (AvgIpc) is 1.90. The number of thioether (sulfide) groups is 2. The first-order valence-corrected chi connectivity index (χ1v) is 6.42. The molecule has 0 aromatic rings. The minimum atomic E-state index is 0.785. The van der Waals surface area contributed by atoms with E-state index in [1.54, 1.807) is 0 Å². The summed E-state index contributed by atoms with van der Waals surface area (Å²) in [5.41, 5.74) is 0. The molecule has 0 radical (unpaired) electrons. The largest absolute Gasteiger partial charge is 0.179 e. The maximum absolute atomic E-state index is 4.22. The number of thiol groups is 1. The van der Waals surface area contributed by atoms with Gasteiger partial charge >= 0.3 is 0 Å². The van der Waals surface area contributed by atoms with Crippen molar-refractivity contribution in [2.75, 3.05) is 17.3 Å². The van der Waals surface area contributed by atoms with Crippen molar-refractivity contribution in [3.05, 3.63) is 0 Å². The molecule has 0 amide bonds. The van der Waals surface area contributed by atoms with Gasteiger partial charge in [-0.3, -0.25) is 0 Å². The van der Waals surface area contributed by atoms with Crippen LogP contribution in [0.2, 0.25) is 0 Å². The first-order chi connectivity index (χ1) is 4.85. The predicted molar refractivity (Wildman–Crippen MR) is 58.5 cm³/mol. The van der Waals surface area contributed by atoms with Crippen molar-refractivity contribution in [3.8, 4) is 0 Å². The van der Waals surface area contributed by atoms with Crippen molar-refractivity contribution in [1.29, 1.82) is 0 Å². The molecule has 0 aliphatic rings. The molecule has 0 nitrogen and oxygen atoms in total. The molecule has 0 saturated heterocycles. The van der Waals surface area contributed by atoms with Gasteiger partial charge < -0.3 is 0 Å². The summed E-state index contributed by atoms with van der Waals surface area (Å²) in [6.45, 7) is 4.43. The van der Waals surface area contributed by atoms with E-state index in [0.717, 1.165) is 10.3 Å². The Morgan fingerprint density at radius 3 is 2.00 bits per heavy atom. The zero-order chi connectivity index (χ0) is 7.82. The van der Waals surface area contributed by atoms with Crippen molar-refractivity contribution in [3.63, 3.8) is 0 Å². The maximum atomic E-state index is 4.22. The van der Waals surface area contributed by atoms with Crippen LogP contribution in [0.15, 0.2) is 0 Å². The van der Waals surface area contributed by atoms with Gasteiger partial charge in [-0.15, -0.1) is 23.5 Å². The van der Waals surface area contributed by atoms with Gasteiger partial charge in [0.15, 0.2) is 0 Å². The van der Waals surface area contributed by atoms with E-state index in [1.165, 1.54) is 17.9 Å². The fourth-order valence-electron chi connectivity index (χ4n) is 0.692. The second-order valence-electron chi connectivity index (χ2n) is 1.85. The van der Waals surface area contributed by atoms with E-state index in [9.17, 15) is 0 Å². The van der Waals surface area contributed by atoms with Crippen molar-refractivity contribution < 1.29 is 0 Å². The Balaban J connectivity index is 3.30. The molecule has 0 heterocycles. The highest BCUT2D eigenvalue weighted by Gasteiger charge is 2.04. The maximum Gasteiger partial charge on any atom is 0.0510 e. The highest BCUT2D eigenvalue weighted by atomic mass is 32.2. The van der Waals surface area contributed by atoms with Crippen LogP contribution < -0.4 is 0 Å². The quantitative estimate of drug-likeness (QED) is 0.512. The Bertz CT molecular complexity index is 51.6. The molecule has 0 unspecified atom stereocenters. The predicted octanol–water partition coefficient (Wildman–Crippen LogP) is 3.14. The van der Waals surface area contributed by atoms with E-state index < -0.39 is 0 Å². The topological polar surface area (TPSA) is 0 Å². The van der Waals surface area contributed by atoms with Crippen molar-refractivity contribution in [2.24, 2.45) is 0 Å². The van der Waals surface area contributed by atoms with E-state index in [0.29, 0.717) is 0 Å². The molecule has 0 aliphatic carbocycles. The monoisotopic (exact) mass is 196 g/mol. The number of hydrogen-bond acceptors (Lipinski definition) is 3. The molecule has 0 N–H and O–H groups in total. The molecular formula is C7H16S3. The highest BCUT2D eigenvalue weighted by Crippen LogP contribution is 2.26. The molecule has 3 heteroatoms. The molecule has 0 bridgehead atoms. The lowest BCUT2D eigenvalue weighted by atomic mass is 10.6. The lowest BCUT2D eigenvalue weighted by Crippen LogP contribution is -1.98. The summed E-state index contributed by atoms with van der Waals surface area (Å²) in [7, 11) is 0. The van der Waals surface area contributed by atoms with Gasteiger partial charge in [0.05, 0.1) is 4.58 Å². The van der Waals surface area contributed by atoms with Crippen LogP contribution in [0.5, 0.6) is 0 Å². The zero-order valence-corrected chi connectivity index (χ0v) is 9.20. The fourth-order valence-corrected chi connectivity index (χ4v) is 3.81. The van der Waals surface area contributed by atoms with Gasteiger partial charge in [0, 0.05) is 0 Å². The van der Waals surface area contributed by atoms with Gasteiger partial charge in [0.2, 0.25) is 0 Å². The standard InChI is InChI=1S/C7H16S3/c1-3-9-7(5-6-8)10-4-2/h7-8H,3-6H2,1-2H3. The summed E-state index contributed by atoms with van der Waals surface area (Å²) >= 11 is 8.30. The van der Waals surface area contributed by atoms with E-state index in [2.05, 4.69) is 26.5 Å². The molecule has 0 saturated carbocycles. The van der Waals surface area contributed by atoms with Crippen LogP contribution in [0, 0.1) is 0 Å². The SMILES string of the molecule is CCSC(CCS)SCC. The summed E-state index contributed by atoms with van der Waals surface area (Å²) in [6.07, 6.45) is 1.24. The lowest BCUT2D eigenvalue weighted by molar-refractivity contribution is 1.07. The minimum absolute atomic E-state index is 0.785. The lowest BCUT2D eigenvalue weighted by Gasteiger charge is -2.11.